The number of hydrogen-bond donors (Lipinski definition) is 2. The zero-order chi connectivity index (χ0) is 22.9. The van der Waals surface area contributed by atoms with E-state index in [-0.39, 0.29) is 24.8 Å². The number of carbonyl (C=O) groups excluding carboxylic acids is 4. The fourth-order valence-corrected chi connectivity index (χ4v) is 4.09. The Morgan fingerprint density at radius 2 is 2.09 bits per heavy atom. The predicted molar refractivity (Wildman–Crippen MR) is 116 cm³/mol. The van der Waals surface area contributed by atoms with Crippen LogP contribution in [0.15, 0.2) is 48.9 Å². The molecule has 0 spiro atoms. The molecule has 2 aromatic heterocycles. The molecule has 2 aliphatic heterocycles. The van der Waals surface area contributed by atoms with E-state index in [1.807, 2.05) is 16.5 Å². The molecule has 1 saturated heterocycles. The molecule has 5 rings (SSSR count). The van der Waals surface area contributed by atoms with Gasteiger partial charge in [0.1, 0.15) is 11.7 Å². The maximum absolute atomic E-state index is 12.8. The number of pyridine rings is 1. The summed E-state index contributed by atoms with van der Waals surface area (Å²) in [6.45, 7) is 0.548. The summed E-state index contributed by atoms with van der Waals surface area (Å²) >= 11 is 0. The highest BCUT2D eigenvalue weighted by Gasteiger charge is 2.39. The van der Waals surface area contributed by atoms with Gasteiger partial charge < -0.3 is 14.6 Å². The lowest BCUT2D eigenvalue weighted by atomic mass is 10.0. The van der Waals surface area contributed by atoms with Crippen molar-refractivity contribution in [1.82, 2.24) is 24.9 Å². The zero-order valence-corrected chi connectivity index (χ0v) is 17.5. The minimum atomic E-state index is -0.650. The second-order valence-electron chi connectivity index (χ2n) is 7.93. The van der Waals surface area contributed by atoms with Crippen molar-refractivity contribution < 1.29 is 19.2 Å². The maximum atomic E-state index is 12.8. The number of nitrogens with one attached hydrogen (secondary N) is 2. The van der Waals surface area contributed by atoms with E-state index in [2.05, 4.69) is 27.5 Å². The van der Waals surface area contributed by atoms with Gasteiger partial charge in [0.25, 0.3) is 11.8 Å². The van der Waals surface area contributed by atoms with Crippen molar-refractivity contribution in [2.45, 2.75) is 32.0 Å². The minimum Gasteiger partial charge on any atom is -0.341 e. The van der Waals surface area contributed by atoms with Gasteiger partial charge in [0, 0.05) is 55.1 Å². The molecule has 1 atom stereocenters. The Labute approximate surface area is 188 Å². The topological polar surface area (TPSA) is 113 Å². The highest BCUT2D eigenvalue weighted by molar-refractivity contribution is 6.05. The van der Waals surface area contributed by atoms with E-state index < -0.39 is 17.9 Å². The van der Waals surface area contributed by atoms with Crippen LogP contribution in [0.5, 0.6) is 0 Å². The molecule has 0 saturated carbocycles. The number of imidazole rings is 1. The summed E-state index contributed by atoms with van der Waals surface area (Å²) in [6, 6.07) is 8.30. The maximum Gasteiger partial charge on any atom is 0.296 e. The number of benzene rings is 1. The van der Waals surface area contributed by atoms with Gasteiger partial charge in [-0.15, -0.1) is 0 Å². The second kappa shape index (κ2) is 8.24. The summed E-state index contributed by atoms with van der Waals surface area (Å²) in [6.07, 6.45) is 5.83. The zero-order valence-electron chi connectivity index (χ0n) is 17.5. The Hall–Kier alpha value is -4.45. The van der Waals surface area contributed by atoms with E-state index in [0.29, 0.717) is 24.1 Å². The first-order chi connectivity index (χ1) is 16.0. The van der Waals surface area contributed by atoms with E-state index >= 15 is 0 Å². The molecule has 1 unspecified atom stereocenters. The van der Waals surface area contributed by atoms with Gasteiger partial charge >= 0.3 is 0 Å². The van der Waals surface area contributed by atoms with Crippen molar-refractivity contribution in [2.24, 2.45) is 0 Å². The Morgan fingerprint density at radius 3 is 2.94 bits per heavy atom. The van der Waals surface area contributed by atoms with Gasteiger partial charge in [0.2, 0.25) is 11.8 Å². The molecule has 33 heavy (non-hydrogen) atoms. The highest BCUT2D eigenvalue weighted by atomic mass is 16.2. The molecular formula is C24H19N5O4. The third kappa shape index (κ3) is 4.06. The molecule has 0 aliphatic carbocycles. The van der Waals surface area contributed by atoms with Gasteiger partial charge in [-0.2, -0.15) is 0 Å². The molecule has 2 aliphatic rings. The Morgan fingerprint density at radius 1 is 1.21 bits per heavy atom. The van der Waals surface area contributed by atoms with Crippen molar-refractivity contribution in [2.75, 3.05) is 0 Å². The summed E-state index contributed by atoms with van der Waals surface area (Å²) in [5.74, 6) is 4.02. The summed E-state index contributed by atoms with van der Waals surface area (Å²) in [4.78, 5) is 54.1. The van der Waals surface area contributed by atoms with Crippen LogP contribution in [0, 0.1) is 11.8 Å². The van der Waals surface area contributed by atoms with Crippen LogP contribution in [0.1, 0.15) is 39.9 Å². The van der Waals surface area contributed by atoms with Gasteiger partial charge in [0.05, 0.1) is 0 Å². The molecule has 1 fully saturated rings. The van der Waals surface area contributed by atoms with Gasteiger partial charge in [-0.1, -0.05) is 18.1 Å². The van der Waals surface area contributed by atoms with Crippen LogP contribution in [0.4, 0.5) is 0 Å². The van der Waals surface area contributed by atoms with Crippen LogP contribution in [0.3, 0.4) is 0 Å². The summed E-state index contributed by atoms with van der Waals surface area (Å²) in [5, 5.41) is 5.05. The molecule has 9 heteroatoms. The van der Waals surface area contributed by atoms with E-state index in [1.165, 1.54) is 4.90 Å². The predicted octanol–water partition coefficient (Wildman–Crippen LogP) is 0.763. The number of hydrogen-bond acceptors (Lipinski definition) is 5. The normalized spacial score (nSPS) is 17.4. The fourth-order valence-electron chi connectivity index (χ4n) is 4.09. The number of fused-ring (bicyclic) bond motifs is 2. The van der Waals surface area contributed by atoms with Crippen molar-refractivity contribution in [1.29, 1.82) is 0 Å². The fraction of sp³-hybridized carbons (Fsp3) is 0.208. The molecule has 4 heterocycles. The third-order valence-electron chi connectivity index (χ3n) is 5.75. The number of carbonyl (C=O) groups is 4. The number of amides is 4. The molecule has 0 radical (unpaired) electrons. The first-order valence-electron chi connectivity index (χ1n) is 10.5. The molecule has 4 amide bonds. The van der Waals surface area contributed by atoms with Crippen LogP contribution < -0.4 is 10.6 Å². The quantitative estimate of drug-likeness (QED) is 0.460. The van der Waals surface area contributed by atoms with Gasteiger partial charge in [0.15, 0.2) is 0 Å². The molecule has 0 bridgehead atoms. The molecule has 9 nitrogen and oxygen atoms in total. The van der Waals surface area contributed by atoms with Gasteiger partial charge in [-0.05, 0) is 35.7 Å². The van der Waals surface area contributed by atoms with Crippen molar-refractivity contribution in [3.05, 3.63) is 71.2 Å². The number of imide groups is 1. The van der Waals surface area contributed by atoms with Gasteiger partial charge in [-0.3, -0.25) is 24.5 Å². The SMILES string of the molecule is O=C(C#Cc1ccc2nccn2c1)NCc1ccc2c(c1)CN(C1CCC(=O)NC1=O)C2=O. The van der Waals surface area contributed by atoms with Crippen LogP contribution >= 0.6 is 0 Å². The number of rotatable bonds is 3. The monoisotopic (exact) mass is 441 g/mol. The average molecular weight is 441 g/mol. The Balaban J connectivity index is 1.22. The van der Waals surface area contributed by atoms with Crippen LogP contribution in [-0.2, 0) is 27.5 Å². The molecule has 1 aromatic carbocycles. The van der Waals surface area contributed by atoms with Crippen LogP contribution in [-0.4, -0.2) is 44.0 Å². The summed E-state index contributed by atoms with van der Waals surface area (Å²) in [5.41, 5.74) is 3.64. The molecule has 164 valence electrons. The van der Waals surface area contributed by atoms with Crippen LogP contribution in [0.2, 0.25) is 0 Å². The average Bonchev–Trinajstić information content (AvgIpc) is 3.40. The van der Waals surface area contributed by atoms with Gasteiger partial charge in [-0.25, -0.2) is 4.98 Å². The smallest absolute Gasteiger partial charge is 0.296 e. The Bertz CT molecular complexity index is 1380. The molecular weight excluding hydrogens is 422 g/mol. The first-order valence-corrected chi connectivity index (χ1v) is 10.5. The van der Waals surface area contributed by atoms with E-state index in [0.717, 1.165) is 16.8 Å². The second-order valence-corrected chi connectivity index (χ2v) is 7.93. The highest BCUT2D eigenvalue weighted by Crippen LogP contribution is 2.28. The van der Waals surface area contributed by atoms with Crippen molar-refractivity contribution in [3.63, 3.8) is 0 Å². The summed E-state index contributed by atoms with van der Waals surface area (Å²) < 4.78 is 1.83. The number of aromatic nitrogens is 2. The van der Waals surface area contributed by atoms with Crippen LogP contribution in [0.25, 0.3) is 5.65 Å². The largest absolute Gasteiger partial charge is 0.341 e. The lowest BCUT2D eigenvalue weighted by Gasteiger charge is -2.29. The minimum absolute atomic E-state index is 0.213. The van der Waals surface area contributed by atoms with E-state index in [9.17, 15) is 19.2 Å². The first kappa shape index (κ1) is 20.5. The standard InChI is InChI=1S/C24H19N5O4/c30-21(7-3-15-2-6-20-25-9-10-28(20)13-15)26-12-16-1-4-18-17(11-16)14-29(24(18)33)19-5-8-22(31)27-23(19)32/h1-2,4,6,9-11,13,19H,5,8,12,14H2,(H,26,30)(H,27,31,32). The summed E-state index contributed by atoms with van der Waals surface area (Å²) in [7, 11) is 0. The lowest BCUT2D eigenvalue weighted by Crippen LogP contribution is -2.52. The van der Waals surface area contributed by atoms with E-state index in [1.54, 1.807) is 36.8 Å². The molecule has 3 aromatic rings. The third-order valence-corrected chi connectivity index (χ3v) is 5.75. The van der Waals surface area contributed by atoms with Crippen molar-refractivity contribution in [3.8, 4) is 11.8 Å². The number of piperidine rings is 1. The van der Waals surface area contributed by atoms with Crippen molar-refractivity contribution >= 4 is 29.3 Å². The Kier molecular flexibility index (Phi) is 5.11. The lowest BCUT2D eigenvalue weighted by molar-refractivity contribution is -0.137. The number of nitrogens with zero attached hydrogens (tertiary/aromatic N) is 3. The van der Waals surface area contributed by atoms with E-state index in [4.69, 9.17) is 0 Å². The molecule has 2 N–H and O–H groups in total.